The van der Waals surface area contributed by atoms with Crippen molar-refractivity contribution >= 4 is 49.6 Å². The van der Waals surface area contributed by atoms with E-state index >= 15 is 0 Å². The predicted molar refractivity (Wildman–Crippen MR) is 96.1 cm³/mol. The van der Waals surface area contributed by atoms with Crippen LogP contribution in [0.15, 0.2) is 51.7 Å². The van der Waals surface area contributed by atoms with Gasteiger partial charge in [-0.1, -0.05) is 34.1 Å². The average molecular weight is 458 g/mol. The van der Waals surface area contributed by atoms with Crippen LogP contribution in [0.5, 0.6) is 0 Å². The molecule has 0 bridgehead atoms. The number of nitrogens with zero attached hydrogens (tertiary/aromatic N) is 1. The van der Waals surface area contributed by atoms with Crippen LogP contribution in [0, 0.1) is 3.57 Å². The van der Waals surface area contributed by atoms with Crippen molar-refractivity contribution in [3.8, 4) is 0 Å². The number of halogens is 2. The molecule has 3 aromatic rings. The summed E-state index contributed by atoms with van der Waals surface area (Å²) >= 11 is 6.03. The van der Waals surface area contributed by atoms with Gasteiger partial charge in [0.25, 0.3) is 0 Å². The SMILES string of the molecule is CCn1c(=O)oc2cc(C(Br)c3cccc(I)c3)ccc21. The van der Waals surface area contributed by atoms with Crippen LogP contribution in [0.1, 0.15) is 22.9 Å². The molecule has 0 radical (unpaired) electrons. The molecule has 0 aliphatic rings. The predicted octanol–water partition coefficient (Wildman–Crippen LogP) is 4.70. The van der Waals surface area contributed by atoms with Crippen LogP contribution in [-0.4, -0.2) is 4.57 Å². The molecule has 0 amide bonds. The number of aromatic nitrogens is 1. The van der Waals surface area contributed by atoms with Gasteiger partial charge in [0.05, 0.1) is 10.3 Å². The number of hydrogen-bond donors (Lipinski definition) is 0. The molecule has 0 aliphatic carbocycles. The van der Waals surface area contributed by atoms with Crippen molar-refractivity contribution in [1.82, 2.24) is 4.57 Å². The minimum atomic E-state index is -0.301. The van der Waals surface area contributed by atoms with Crippen molar-refractivity contribution in [2.24, 2.45) is 0 Å². The summed E-state index contributed by atoms with van der Waals surface area (Å²) < 4.78 is 8.15. The van der Waals surface area contributed by atoms with Crippen LogP contribution in [0.4, 0.5) is 0 Å². The monoisotopic (exact) mass is 457 g/mol. The van der Waals surface area contributed by atoms with Gasteiger partial charge in [-0.3, -0.25) is 4.57 Å². The first-order chi connectivity index (χ1) is 10.1. The third-order valence-electron chi connectivity index (χ3n) is 3.44. The Morgan fingerprint density at radius 2 is 2.00 bits per heavy atom. The van der Waals surface area contributed by atoms with Crippen LogP contribution < -0.4 is 5.76 Å². The van der Waals surface area contributed by atoms with Crippen LogP contribution >= 0.6 is 38.5 Å². The van der Waals surface area contributed by atoms with E-state index in [-0.39, 0.29) is 10.6 Å². The van der Waals surface area contributed by atoms with Gasteiger partial charge in [-0.2, -0.15) is 0 Å². The second-order valence-electron chi connectivity index (χ2n) is 4.76. The molecule has 2 aromatic carbocycles. The fraction of sp³-hybridized carbons (Fsp3) is 0.188. The summed E-state index contributed by atoms with van der Waals surface area (Å²) in [5, 5.41) is 0. The van der Waals surface area contributed by atoms with Crippen LogP contribution in [-0.2, 0) is 6.54 Å². The summed E-state index contributed by atoms with van der Waals surface area (Å²) in [6.45, 7) is 2.54. The maximum Gasteiger partial charge on any atom is 0.419 e. The van der Waals surface area contributed by atoms with E-state index in [1.165, 1.54) is 9.13 Å². The summed E-state index contributed by atoms with van der Waals surface area (Å²) in [6, 6.07) is 14.2. The molecule has 1 heterocycles. The third-order valence-corrected chi connectivity index (χ3v) is 5.17. The Bertz CT molecular complexity index is 853. The number of aryl methyl sites for hydroxylation is 1. The number of fused-ring (bicyclic) bond motifs is 1. The van der Waals surface area contributed by atoms with E-state index in [4.69, 9.17) is 4.42 Å². The Hall–Kier alpha value is -1.08. The van der Waals surface area contributed by atoms with Gasteiger partial charge in [-0.25, -0.2) is 4.79 Å². The van der Waals surface area contributed by atoms with Gasteiger partial charge in [-0.15, -0.1) is 0 Å². The van der Waals surface area contributed by atoms with Gasteiger partial charge in [0.2, 0.25) is 0 Å². The molecule has 5 heteroatoms. The zero-order valence-corrected chi connectivity index (χ0v) is 15.1. The molecule has 0 saturated heterocycles. The van der Waals surface area contributed by atoms with Crippen LogP contribution in [0.25, 0.3) is 11.1 Å². The Kier molecular flexibility index (Phi) is 4.21. The molecule has 0 saturated carbocycles. The van der Waals surface area contributed by atoms with E-state index in [1.54, 1.807) is 4.57 Å². The van der Waals surface area contributed by atoms with E-state index in [9.17, 15) is 4.79 Å². The Morgan fingerprint density at radius 1 is 1.24 bits per heavy atom. The zero-order valence-electron chi connectivity index (χ0n) is 11.3. The second-order valence-corrected chi connectivity index (χ2v) is 6.92. The molecular weight excluding hydrogens is 445 g/mol. The minimum absolute atomic E-state index is 0.0758. The lowest BCUT2D eigenvalue weighted by molar-refractivity contribution is 0.513. The highest BCUT2D eigenvalue weighted by Gasteiger charge is 2.14. The zero-order chi connectivity index (χ0) is 15.0. The van der Waals surface area contributed by atoms with Gasteiger partial charge < -0.3 is 4.42 Å². The molecule has 1 aromatic heterocycles. The number of alkyl halides is 1. The molecule has 0 spiro atoms. The molecule has 3 rings (SSSR count). The molecule has 0 aliphatic heterocycles. The highest BCUT2D eigenvalue weighted by molar-refractivity contribution is 14.1. The third kappa shape index (κ3) is 2.81. The Morgan fingerprint density at radius 3 is 2.71 bits per heavy atom. The average Bonchev–Trinajstić information content (AvgIpc) is 2.80. The summed E-state index contributed by atoms with van der Waals surface area (Å²) in [6.07, 6.45) is 0. The highest BCUT2D eigenvalue weighted by atomic mass is 127. The van der Waals surface area contributed by atoms with E-state index in [0.717, 1.165) is 11.1 Å². The van der Waals surface area contributed by atoms with Gasteiger partial charge in [0.15, 0.2) is 5.58 Å². The Balaban J connectivity index is 2.07. The number of hydrogen-bond acceptors (Lipinski definition) is 2. The van der Waals surface area contributed by atoms with Crippen molar-refractivity contribution in [3.63, 3.8) is 0 Å². The topological polar surface area (TPSA) is 35.1 Å². The second kappa shape index (κ2) is 5.96. The lowest BCUT2D eigenvalue weighted by Crippen LogP contribution is -2.11. The molecule has 3 nitrogen and oxygen atoms in total. The van der Waals surface area contributed by atoms with Crippen LogP contribution in [0.3, 0.4) is 0 Å². The summed E-state index contributed by atoms with van der Waals surface area (Å²) in [7, 11) is 0. The normalized spacial score (nSPS) is 12.7. The molecule has 0 N–H and O–H groups in total. The standard InChI is InChI=1S/C16H13BrINO2/c1-2-19-13-7-6-11(9-14(13)21-16(19)20)15(17)10-4-3-5-12(18)8-10/h3-9,15H,2H2,1H3. The molecule has 0 fully saturated rings. The maximum atomic E-state index is 11.7. The lowest BCUT2D eigenvalue weighted by Gasteiger charge is -2.11. The van der Waals surface area contributed by atoms with Crippen LogP contribution in [0.2, 0.25) is 0 Å². The lowest BCUT2D eigenvalue weighted by atomic mass is 10.0. The number of oxazole rings is 1. The van der Waals surface area contributed by atoms with E-state index in [0.29, 0.717) is 12.1 Å². The fourth-order valence-corrected chi connectivity index (χ4v) is 3.53. The van der Waals surface area contributed by atoms with Crippen molar-refractivity contribution < 1.29 is 4.42 Å². The minimum Gasteiger partial charge on any atom is -0.408 e. The van der Waals surface area contributed by atoms with E-state index in [1.807, 2.05) is 31.2 Å². The van der Waals surface area contributed by atoms with Crippen molar-refractivity contribution in [2.75, 3.05) is 0 Å². The first-order valence-corrected chi connectivity index (χ1v) is 8.62. The number of rotatable bonds is 3. The van der Waals surface area contributed by atoms with Gasteiger partial charge >= 0.3 is 5.76 Å². The molecule has 108 valence electrons. The molecule has 21 heavy (non-hydrogen) atoms. The quantitative estimate of drug-likeness (QED) is 0.422. The highest BCUT2D eigenvalue weighted by Crippen LogP contribution is 2.33. The summed E-state index contributed by atoms with van der Waals surface area (Å²) in [4.78, 5) is 11.8. The number of benzene rings is 2. The van der Waals surface area contributed by atoms with Gasteiger partial charge in [0.1, 0.15) is 0 Å². The smallest absolute Gasteiger partial charge is 0.408 e. The van der Waals surface area contributed by atoms with Gasteiger partial charge in [0, 0.05) is 10.1 Å². The largest absolute Gasteiger partial charge is 0.419 e. The van der Waals surface area contributed by atoms with E-state index in [2.05, 4.69) is 56.7 Å². The van der Waals surface area contributed by atoms with Gasteiger partial charge in [-0.05, 0) is 64.9 Å². The molecular formula is C16H13BrINO2. The van der Waals surface area contributed by atoms with Crippen molar-refractivity contribution in [2.45, 2.75) is 18.3 Å². The van der Waals surface area contributed by atoms with E-state index < -0.39 is 0 Å². The van der Waals surface area contributed by atoms with Crippen molar-refractivity contribution in [3.05, 3.63) is 67.7 Å². The first-order valence-electron chi connectivity index (χ1n) is 6.63. The maximum absolute atomic E-state index is 11.7. The molecule has 1 atom stereocenters. The fourth-order valence-electron chi connectivity index (χ4n) is 2.40. The molecule has 1 unspecified atom stereocenters. The Labute approximate surface area is 144 Å². The summed E-state index contributed by atoms with van der Waals surface area (Å²) in [5.74, 6) is -0.301. The van der Waals surface area contributed by atoms with Crippen molar-refractivity contribution in [1.29, 1.82) is 0 Å². The first kappa shape index (κ1) is 14.8. The summed E-state index contributed by atoms with van der Waals surface area (Å²) in [5.41, 5.74) is 3.73.